The van der Waals surface area contributed by atoms with Crippen LogP contribution in [0.4, 0.5) is 18.9 Å². The molecular formula is C34H36F3N5O2S. The van der Waals surface area contributed by atoms with E-state index in [1.165, 1.54) is 28.4 Å². The number of carbonyl (C=O) groups is 2. The third-order valence-corrected chi connectivity index (χ3v) is 11.4. The van der Waals surface area contributed by atoms with Crippen LogP contribution in [0.2, 0.25) is 0 Å². The molecular weight excluding hydrogens is 599 g/mol. The fraction of sp³-hybridized carbons (Fsp3) is 0.471. The average molecular weight is 636 g/mol. The molecule has 0 unspecified atom stereocenters. The van der Waals surface area contributed by atoms with E-state index in [4.69, 9.17) is 0 Å². The Labute approximate surface area is 264 Å². The maximum Gasteiger partial charge on any atom is 0.416 e. The van der Waals surface area contributed by atoms with Crippen molar-refractivity contribution in [2.24, 2.45) is 11.3 Å². The van der Waals surface area contributed by atoms with Gasteiger partial charge in [0, 0.05) is 48.3 Å². The smallest absolute Gasteiger partial charge is 0.339 e. The molecule has 3 aliphatic heterocycles. The third-order valence-electron chi connectivity index (χ3n) is 10.6. The second-order valence-corrected chi connectivity index (χ2v) is 14.0. The topological polar surface area (TPSA) is 69.6 Å². The molecule has 7 nitrogen and oxygen atoms in total. The first-order chi connectivity index (χ1) is 21.6. The van der Waals surface area contributed by atoms with Gasteiger partial charge >= 0.3 is 6.18 Å². The zero-order valence-electron chi connectivity index (χ0n) is 25.2. The number of benzene rings is 2. The van der Waals surface area contributed by atoms with Gasteiger partial charge < -0.3 is 9.80 Å². The van der Waals surface area contributed by atoms with Gasteiger partial charge in [0.15, 0.2) is 0 Å². The first-order valence-electron chi connectivity index (χ1n) is 15.6. The van der Waals surface area contributed by atoms with Crippen LogP contribution >= 0.6 is 11.3 Å². The summed E-state index contributed by atoms with van der Waals surface area (Å²) in [6.45, 7) is 8.09. The molecule has 4 aliphatic rings. The van der Waals surface area contributed by atoms with Crippen molar-refractivity contribution in [1.29, 1.82) is 0 Å². The molecule has 1 aliphatic carbocycles. The van der Waals surface area contributed by atoms with E-state index in [9.17, 15) is 22.8 Å². The second kappa shape index (κ2) is 11.3. The van der Waals surface area contributed by atoms with Crippen LogP contribution < -0.4 is 4.90 Å². The number of carbonyl (C=O) groups excluding carboxylic acids is 2. The Kier molecular flexibility index (Phi) is 7.59. The molecule has 4 heterocycles. The Morgan fingerprint density at radius 3 is 2.62 bits per heavy atom. The summed E-state index contributed by atoms with van der Waals surface area (Å²) in [5.74, 6) is -0.0145. The predicted octanol–water partition coefficient (Wildman–Crippen LogP) is 6.82. The monoisotopic (exact) mass is 635 g/mol. The number of fused-ring (bicyclic) bond motifs is 1. The van der Waals surface area contributed by atoms with E-state index in [2.05, 4.69) is 21.7 Å². The molecule has 236 valence electrons. The summed E-state index contributed by atoms with van der Waals surface area (Å²) in [7, 11) is 0. The van der Waals surface area contributed by atoms with E-state index in [1.807, 2.05) is 30.0 Å². The van der Waals surface area contributed by atoms with Crippen LogP contribution in [0, 0.1) is 11.3 Å². The minimum atomic E-state index is -4.60. The molecule has 3 atom stereocenters. The molecule has 2 aromatic carbocycles. The van der Waals surface area contributed by atoms with E-state index in [-0.39, 0.29) is 41.0 Å². The van der Waals surface area contributed by atoms with Crippen molar-refractivity contribution >= 4 is 28.8 Å². The number of amides is 2. The van der Waals surface area contributed by atoms with Crippen molar-refractivity contribution in [2.75, 3.05) is 31.1 Å². The summed E-state index contributed by atoms with van der Waals surface area (Å²) in [5, 5.41) is 9.31. The number of hydrogen-bond donors (Lipinski definition) is 0. The molecule has 0 N–H and O–H groups in total. The van der Waals surface area contributed by atoms with Crippen LogP contribution in [0.5, 0.6) is 0 Å². The van der Waals surface area contributed by atoms with Crippen molar-refractivity contribution in [3.63, 3.8) is 0 Å². The number of likely N-dealkylation sites (tertiary alicyclic amines) is 2. The number of aromatic nitrogens is 2. The fourth-order valence-corrected chi connectivity index (χ4v) is 8.59. The molecule has 0 radical (unpaired) electrons. The predicted molar refractivity (Wildman–Crippen MR) is 166 cm³/mol. The highest BCUT2D eigenvalue weighted by Gasteiger charge is 2.46. The Bertz CT molecular complexity index is 1640. The van der Waals surface area contributed by atoms with Crippen LogP contribution in [0.25, 0.3) is 0 Å². The average Bonchev–Trinajstić information content (AvgIpc) is 3.82. The Morgan fingerprint density at radius 1 is 1.13 bits per heavy atom. The fourth-order valence-electron chi connectivity index (χ4n) is 7.82. The van der Waals surface area contributed by atoms with Gasteiger partial charge in [0.1, 0.15) is 10.5 Å². The summed E-state index contributed by atoms with van der Waals surface area (Å²) in [6, 6.07) is 10.2. The number of alkyl halides is 3. The third kappa shape index (κ3) is 5.37. The zero-order chi connectivity index (χ0) is 31.5. The SMILES string of the molecule is C=CC(=O)N1CC[C@]2(CCN([C@H](C)c3cc4c(c(C(F)(F)F)c3)CN(c3cccc([C@H](c5nncs5)C5CCC5)c3)C4=O)C2)C1. The minimum absolute atomic E-state index is 0.0285. The summed E-state index contributed by atoms with van der Waals surface area (Å²) in [4.78, 5) is 31.6. The van der Waals surface area contributed by atoms with Crippen molar-refractivity contribution < 1.29 is 22.8 Å². The molecule has 11 heteroatoms. The van der Waals surface area contributed by atoms with E-state index in [0.717, 1.165) is 49.2 Å². The van der Waals surface area contributed by atoms with E-state index in [1.54, 1.807) is 17.6 Å². The molecule has 0 bridgehead atoms. The lowest BCUT2D eigenvalue weighted by Gasteiger charge is -2.33. The van der Waals surface area contributed by atoms with Gasteiger partial charge in [-0.15, -0.1) is 21.5 Å². The largest absolute Gasteiger partial charge is 0.416 e. The second-order valence-electron chi connectivity index (χ2n) is 13.1. The van der Waals surface area contributed by atoms with Crippen LogP contribution in [0.3, 0.4) is 0 Å². The lowest BCUT2D eigenvalue weighted by Crippen LogP contribution is -2.34. The maximum atomic E-state index is 14.6. The Balaban J connectivity index is 1.17. The van der Waals surface area contributed by atoms with Crippen molar-refractivity contribution in [2.45, 2.75) is 63.7 Å². The standard InChI is InChI=1S/C34H36F3N5O2S/c1-3-29(43)41-13-11-33(19-41)10-12-40(18-33)21(2)24-15-26-27(28(16-24)34(35,36)37)17-42(32(26)44)25-9-5-8-23(14-25)30(22-6-4-7-22)31-39-38-20-45-31/h3,5,8-9,14-16,20-22,30H,1,4,6-7,10-13,17-19H2,2H3/t21-,30-,33+/m1/s1. The highest BCUT2D eigenvalue weighted by molar-refractivity contribution is 7.09. The van der Waals surface area contributed by atoms with E-state index >= 15 is 0 Å². The number of rotatable bonds is 7. The number of hydrogen-bond acceptors (Lipinski definition) is 6. The number of halogens is 3. The maximum absolute atomic E-state index is 14.6. The van der Waals surface area contributed by atoms with Crippen LogP contribution in [0.15, 0.2) is 54.6 Å². The van der Waals surface area contributed by atoms with Gasteiger partial charge in [0.2, 0.25) is 5.91 Å². The van der Waals surface area contributed by atoms with Crippen LogP contribution in [-0.4, -0.2) is 58.0 Å². The van der Waals surface area contributed by atoms with Gasteiger partial charge in [-0.25, -0.2) is 0 Å². The number of anilines is 1. The van der Waals surface area contributed by atoms with E-state index in [0.29, 0.717) is 36.8 Å². The quantitative estimate of drug-likeness (QED) is 0.267. The summed E-state index contributed by atoms with van der Waals surface area (Å²) < 4.78 is 43.7. The highest BCUT2D eigenvalue weighted by atomic mass is 32.1. The molecule has 3 fully saturated rings. The number of nitrogens with zero attached hydrogens (tertiary/aromatic N) is 5. The van der Waals surface area contributed by atoms with Gasteiger partial charge in [-0.05, 0) is 92.1 Å². The normalized spacial score (nSPS) is 23.4. The van der Waals surface area contributed by atoms with Gasteiger partial charge in [0.05, 0.1) is 12.1 Å². The molecule has 2 saturated heterocycles. The lowest BCUT2D eigenvalue weighted by molar-refractivity contribution is -0.138. The first kappa shape index (κ1) is 30.1. The molecule has 45 heavy (non-hydrogen) atoms. The first-order valence-corrected chi connectivity index (χ1v) is 16.5. The molecule has 7 rings (SSSR count). The molecule has 1 aromatic heterocycles. The van der Waals surface area contributed by atoms with Gasteiger partial charge in [-0.1, -0.05) is 25.1 Å². The Hall–Kier alpha value is -3.57. The Morgan fingerprint density at radius 2 is 1.93 bits per heavy atom. The molecule has 1 saturated carbocycles. The molecule has 2 amide bonds. The lowest BCUT2D eigenvalue weighted by atomic mass is 9.73. The van der Waals surface area contributed by atoms with Crippen LogP contribution in [0.1, 0.15) is 88.6 Å². The zero-order valence-corrected chi connectivity index (χ0v) is 26.0. The van der Waals surface area contributed by atoms with Gasteiger partial charge in [-0.2, -0.15) is 13.2 Å². The molecule has 3 aromatic rings. The van der Waals surface area contributed by atoms with Gasteiger partial charge in [0.25, 0.3) is 5.91 Å². The summed E-state index contributed by atoms with van der Waals surface area (Å²) in [5.41, 5.74) is 3.14. The minimum Gasteiger partial charge on any atom is -0.339 e. The highest BCUT2D eigenvalue weighted by Crippen LogP contribution is 2.47. The summed E-state index contributed by atoms with van der Waals surface area (Å²) >= 11 is 1.51. The van der Waals surface area contributed by atoms with Crippen molar-refractivity contribution in [3.05, 3.63) is 87.4 Å². The molecule has 1 spiro atoms. The van der Waals surface area contributed by atoms with Crippen LogP contribution in [-0.2, 0) is 17.5 Å². The van der Waals surface area contributed by atoms with E-state index < -0.39 is 17.6 Å². The summed E-state index contributed by atoms with van der Waals surface area (Å²) in [6.07, 6.45) is 1.79. The van der Waals surface area contributed by atoms with Crippen molar-refractivity contribution in [1.82, 2.24) is 20.0 Å². The van der Waals surface area contributed by atoms with Gasteiger partial charge in [-0.3, -0.25) is 14.5 Å². The van der Waals surface area contributed by atoms with Crippen molar-refractivity contribution in [3.8, 4) is 0 Å².